The first-order valence-electron chi connectivity index (χ1n) is 7.40. The lowest BCUT2D eigenvalue weighted by atomic mass is 9.83. The predicted molar refractivity (Wildman–Crippen MR) is 72.8 cm³/mol. The minimum Gasteiger partial charge on any atom is -0.396 e. The lowest BCUT2D eigenvalue weighted by Gasteiger charge is -2.32. The van der Waals surface area contributed by atoms with Crippen molar-refractivity contribution in [1.82, 2.24) is 10.6 Å². The zero-order valence-corrected chi connectivity index (χ0v) is 11.8. The Morgan fingerprint density at radius 2 is 2.21 bits per heavy atom. The van der Waals surface area contributed by atoms with Gasteiger partial charge in [-0.1, -0.05) is 12.8 Å². The molecule has 19 heavy (non-hydrogen) atoms. The zero-order valence-electron chi connectivity index (χ0n) is 11.8. The van der Waals surface area contributed by atoms with E-state index in [4.69, 9.17) is 4.74 Å². The van der Waals surface area contributed by atoms with Crippen LogP contribution < -0.4 is 10.6 Å². The molecule has 1 aliphatic heterocycles. The first kappa shape index (κ1) is 14.8. The fraction of sp³-hybridized carbons (Fsp3) is 0.929. The lowest BCUT2D eigenvalue weighted by molar-refractivity contribution is -0.129. The van der Waals surface area contributed by atoms with Crippen molar-refractivity contribution >= 4 is 5.91 Å². The number of ether oxygens (including phenoxy) is 1. The van der Waals surface area contributed by atoms with Gasteiger partial charge in [0.05, 0.1) is 12.7 Å². The first-order chi connectivity index (χ1) is 9.17. The number of amides is 1. The average molecular weight is 270 g/mol. The second-order valence-electron chi connectivity index (χ2n) is 5.91. The van der Waals surface area contributed by atoms with Crippen LogP contribution in [0.25, 0.3) is 0 Å². The molecular weight excluding hydrogens is 244 g/mol. The van der Waals surface area contributed by atoms with E-state index >= 15 is 0 Å². The molecule has 3 N–H and O–H groups in total. The standard InChI is InChI=1S/C14H26N2O3/c1-11-12(15-7-9-19-11)13(18)16-10-14(6-8-17)4-2-3-5-14/h11-12,15,17H,2-10H2,1H3,(H,16,18)/t11-,12+/m1/s1. The number of morpholine rings is 1. The summed E-state index contributed by atoms with van der Waals surface area (Å²) in [6.07, 6.45) is 5.34. The quantitative estimate of drug-likeness (QED) is 0.677. The lowest BCUT2D eigenvalue weighted by Crippen LogP contribution is -2.56. The van der Waals surface area contributed by atoms with Gasteiger partial charge in [-0.05, 0) is 31.6 Å². The van der Waals surface area contributed by atoms with Crippen LogP contribution >= 0.6 is 0 Å². The summed E-state index contributed by atoms with van der Waals surface area (Å²) in [7, 11) is 0. The molecule has 2 fully saturated rings. The van der Waals surface area contributed by atoms with Gasteiger partial charge >= 0.3 is 0 Å². The third kappa shape index (κ3) is 3.68. The Morgan fingerprint density at radius 1 is 1.47 bits per heavy atom. The summed E-state index contributed by atoms with van der Waals surface area (Å²) in [4.78, 5) is 12.2. The number of carbonyl (C=O) groups is 1. The van der Waals surface area contributed by atoms with Crippen LogP contribution in [0.5, 0.6) is 0 Å². The van der Waals surface area contributed by atoms with Gasteiger partial charge in [0, 0.05) is 19.7 Å². The molecule has 0 spiro atoms. The zero-order chi connectivity index (χ0) is 13.7. The topological polar surface area (TPSA) is 70.6 Å². The van der Waals surface area contributed by atoms with Gasteiger partial charge in [0.2, 0.25) is 5.91 Å². The van der Waals surface area contributed by atoms with E-state index in [1.54, 1.807) is 0 Å². The second-order valence-corrected chi connectivity index (χ2v) is 5.91. The summed E-state index contributed by atoms with van der Waals surface area (Å²) in [5.74, 6) is 0.0245. The highest BCUT2D eigenvalue weighted by Crippen LogP contribution is 2.40. The first-order valence-corrected chi connectivity index (χ1v) is 7.40. The van der Waals surface area contributed by atoms with E-state index in [0.29, 0.717) is 13.2 Å². The Balaban J connectivity index is 1.84. The van der Waals surface area contributed by atoms with E-state index < -0.39 is 0 Å². The molecule has 0 aromatic carbocycles. The van der Waals surface area contributed by atoms with Crippen LogP contribution in [0.3, 0.4) is 0 Å². The number of rotatable bonds is 5. The van der Waals surface area contributed by atoms with Crippen LogP contribution in [0.15, 0.2) is 0 Å². The van der Waals surface area contributed by atoms with Crippen LogP contribution in [0.4, 0.5) is 0 Å². The van der Waals surface area contributed by atoms with Gasteiger partial charge in [0.15, 0.2) is 0 Å². The largest absolute Gasteiger partial charge is 0.396 e. The Kier molecular flexibility index (Phi) is 5.19. The summed E-state index contributed by atoms with van der Waals surface area (Å²) < 4.78 is 5.49. The van der Waals surface area contributed by atoms with Gasteiger partial charge < -0.3 is 20.5 Å². The van der Waals surface area contributed by atoms with Gasteiger partial charge in [-0.15, -0.1) is 0 Å². The molecule has 0 aromatic rings. The van der Waals surface area contributed by atoms with Crippen molar-refractivity contribution in [2.45, 2.75) is 51.2 Å². The fourth-order valence-electron chi connectivity index (χ4n) is 3.29. The van der Waals surface area contributed by atoms with Crippen LogP contribution in [0.2, 0.25) is 0 Å². The number of hydrogen-bond acceptors (Lipinski definition) is 4. The van der Waals surface area contributed by atoms with Crippen molar-refractivity contribution in [3.05, 3.63) is 0 Å². The Hall–Kier alpha value is -0.650. The molecule has 1 saturated carbocycles. The maximum Gasteiger partial charge on any atom is 0.239 e. The Bertz CT molecular complexity index is 303. The van der Waals surface area contributed by atoms with Gasteiger partial charge in [0.1, 0.15) is 6.04 Å². The monoisotopic (exact) mass is 270 g/mol. The number of aliphatic hydroxyl groups excluding tert-OH is 1. The highest BCUT2D eigenvalue weighted by molar-refractivity contribution is 5.82. The SMILES string of the molecule is C[C@H]1OCCN[C@@H]1C(=O)NCC1(CCO)CCCC1. The van der Waals surface area contributed by atoms with Crippen molar-refractivity contribution in [2.75, 3.05) is 26.3 Å². The van der Waals surface area contributed by atoms with Gasteiger partial charge in [-0.25, -0.2) is 0 Å². The number of hydrogen-bond donors (Lipinski definition) is 3. The van der Waals surface area contributed by atoms with E-state index in [1.165, 1.54) is 12.8 Å². The summed E-state index contributed by atoms with van der Waals surface area (Å²) in [6, 6.07) is -0.249. The highest BCUT2D eigenvalue weighted by atomic mass is 16.5. The van der Waals surface area contributed by atoms with Crippen molar-refractivity contribution in [1.29, 1.82) is 0 Å². The van der Waals surface area contributed by atoms with Crippen molar-refractivity contribution in [3.63, 3.8) is 0 Å². The molecule has 1 heterocycles. The molecule has 2 aliphatic rings. The molecule has 0 bridgehead atoms. The van der Waals surface area contributed by atoms with Gasteiger partial charge in [0.25, 0.3) is 0 Å². The Morgan fingerprint density at radius 3 is 2.84 bits per heavy atom. The summed E-state index contributed by atoms with van der Waals surface area (Å²) in [5, 5.41) is 15.5. The van der Waals surface area contributed by atoms with E-state index in [9.17, 15) is 9.90 Å². The maximum atomic E-state index is 12.2. The van der Waals surface area contributed by atoms with Gasteiger partial charge in [-0.3, -0.25) is 4.79 Å². The van der Waals surface area contributed by atoms with Crippen LogP contribution in [0, 0.1) is 5.41 Å². The van der Waals surface area contributed by atoms with E-state index in [1.807, 2.05) is 6.92 Å². The number of carbonyl (C=O) groups excluding carboxylic acids is 1. The molecule has 0 radical (unpaired) electrons. The third-order valence-corrected chi connectivity index (χ3v) is 4.54. The summed E-state index contributed by atoms with van der Waals surface area (Å²) in [6.45, 7) is 4.20. The van der Waals surface area contributed by atoms with E-state index in [0.717, 1.165) is 25.8 Å². The molecule has 2 atom stereocenters. The normalized spacial score (nSPS) is 30.2. The van der Waals surface area contributed by atoms with Crippen LogP contribution in [-0.2, 0) is 9.53 Å². The molecule has 0 aromatic heterocycles. The number of nitrogens with one attached hydrogen (secondary N) is 2. The smallest absolute Gasteiger partial charge is 0.239 e. The molecule has 5 heteroatoms. The third-order valence-electron chi connectivity index (χ3n) is 4.54. The fourth-order valence-corrected chi connectivity index (χ4v) is 3.29. The molecule has 1 aliphatic carbocycles. The molecule has 1 saturated heterocycles. The van der Waals surface area contributed by atoms with Crippen molar-refractivity contribution in [3.8, 4) is 0 Å². The summed E-state index contributed by atoms with van der Waals surface area (Å²) >= 11 is 0. The predicted octanol–water partition coefficient (Wildman–Crippen LogP) is 0.422. The van der Waals surface area contributed by atoms with E-state index in [-0.39, 0.29) is 30.1 Å². The van der Waals surface area contributed by atoms with Gasteiger partial charge in [-0.2, -0.15) is 0 Å². The molecule has 1 amide bonds. The van der Waals surface area contributed by atoms with Crippen LogP contribution in [-0.4, -0.2) is 49.5 Å². The van der Waals surface area contributed by atoms with Crippen molar-refractivity contribution in [2.24, 2.45) is 5.41 Å². The molecule has 110 valence electrons. The minimum absolute atomic E-state index is 0.0245. The Labute approximate surface area is 115 Å². The van der Waals surface area contributed by atoms with Crippen molar-refractivity contribution < 1.29 is 14.6 Å². The minimum atomic E-state index is -0.249. The number of aliphatic hydroxyl groups is 1. The average Bonchev–Trinajstić information content (AvgIpc) is 2.86. The summed E-state index contributed by atoms with van der Waals surface area (Å²) in [5.41, 5.74) is 0.114. The molecular formula is C14H26N2O3. The molecule has 5 nitrogen and oxygen atoms in total. The molecule has 2 rings (SSSR count). The second kappa shape index (κ2) is 6.68. The van der Waals surface area contributed by atoms with E-state index in [2.05, 4.69) is 10.6 Å². The molecule has 0 unspecified atom stereocenters. The highest BCUT2D eigenvalue weighted by Gasteiger charge is 2.35. The maximum absolute atomic E-state index is 12.2. The van der Waals surface area contributed by atoms with Crippen LogP contribution in [0.1, 0.15) is 39.0 Å².